The van der Waals surface area contributed by atoms with E-state index < -0.39 is 0 Å². The topological polar surface area (TPSA) is 46.5 Å². The average Bonchev–Trinajstić information content (AvgIpc) is 2.46. The summed E-state index contributed by atoms with van der Waals surface area (Å²) in [6.45, 7) is 4.26. The molecule has 3 nitrogen and oxygen atoms in total. The Morgan fingerprint density at radius 2 is 2.09 bits per heavy atom. The van der Waals surface area contributed by atoms with Crippen molar-refractivity contribution in [2.45, 2.75) is 58.3 Å². The van der Waals surface area contributed by atoms with E-state index in [0.29, 0.717) is 17.9 Å². The molecule has 3 rings (SSSR count). The molecule has 1 aromatic rings. The van der Waals surface area contributed by atoms with Crippen molar-refractivity contribution in [2.24, 2.45) is 5.92 Å². The number of benzene rings is 1. The molecule has 1 aromatic carbocycles. The number of allylic oxidation sites excluding steroid dienone is 2. The number of phenols is 1. The lowest BCUT2D eigenvalue weighted by Crippen LogP contribution is -2.33. The van der Waals surface area contributed by atoms with E-state index in [1.165, 1.54) is 18.4 Å². The number of carbonyl (C=O) groups is 1. The summed E-state index contributed by atoms with van der Waals surface area (Å²) in [6, 6.07) is 3.81. The summed E-state index contributed by atoms with van der Waals surface area (Å²) in [5.41, 5.74) is 3.17. The van der Waals surface area contributed by atoms with Crippen molar-refractivity contribution in [1.29, 1.82) is 0 Å². The average molecular weight is 300 g/mol. The van der Waals surface area contributed by atoms with Crippen LogP contribution in [-0.2, 0) is 11.2 Å². The monoisotopic (exact) mass is 300 g/mol. The highest BCUT2D eigenvalue weighted by atomic mass is 16.5. The summed E-state index contributed by atoms with van der Waals surface area (Å²) in [6.07, 6.45) is 8.01. The van der Waals surface area contributed by atoms with Crippen molar-refractivity contribution in [3.63, 3.8) is 0 Å². The number of carbonyl (C=O) groups excluding carboxylic acids is 1. The Labute approximate surface area is 132 Å². The smallest absolute Gasteiger partial charge is 0.315 e. The van der Waals surface area contributed by atoms with Crippen LogP contribution in [0.3, 0.4) is 0 Å². The molecule has 0 spiro atoms. The number of aromatic hydroxyl groups is 1. The molecule has 118 valence electrons. The number of rotatable bonds is 4. The normalized spacial score (nSPS) is 23.4. The lowest BCUT2D eigenvalue weighted by molar-refractivity contribution is -0.141. The molecule has 0 radical (unpaired) electrons. The Kier molecular flexibility index (Phi) is 4.23. The van der Waals surface area contributed by atoms with Gasteiger partial charge in [0.05, 0.1) is 5.92 Å². The van der Waals surface area contributed by atoms with Gasteiger partial charge in [0, 0.05) is 11.5 Å². The molecule has 0 fully saturated rings. The van der Waals surface area contributed by atoms with Crippen LogP contribution in [0.1, 0.15) is 63.0 Å². The van der Waals surface area contributed by atoms with E-state index >= 15 is 0 Å². The number of esters is 1. The zero-order valence-corrected chi connectivity index (χ0v) is 13.4. The van der Waals surface area contributed by atoms with E-state index in [1.807, 2.05) is 12.1 Å². The maximum atomic E-state index is 12.2. The quantitative estimate of drug-likeness (QED) is 0.386. The third kappa shape index (κ3) is 2.77. The number of phenolic OH excluding ortho intramolecular Hbond substituents is 1. The van der Waals surface area contributed by atoms with Crippen molar-refractivity contribution >= 4 is 5.97 Å². The first-order valence-electron chi connectivity index (χ1n) is 8.33. The van der Waals surface area contributed by atoms with Crippen LogP contribution in [0.2, 0.25) is 0 Å². The first-order valence-corrected chi connectivity index (χ1v) is 8.33. The summed E-state index contributed by atoms with van der Waals surface area (Å²) >= 11 is 0. The van der Waals surface area contributed by atoms with Crippen LogP contribution in [0.15, 0.2) is 23.8 Å². The van der Waals surface area contributed by atoms with Gasteiger partial charge in [0.25, 0.3) is 0 Å². The highest BCUT2D eigenvalue weighted by molar-refractivity contribution is 5.81. The largest absolute Gasteiger partial charge is 0.508 e. The highest BCUT2D eigenvalue weighted by Gasteiger charge is 2.40. The van der Waals surface area contributed by atoms with E-state index in [1.54, 1.807) is 0 Å². The van der Waals surface area contributed by atoms with Gasteiger partial charge in [-0.3, -0.25) is 4.79 Å². The van der Waals surface area contributed by atoms with E-state index in [0.717, 1.165) is 30.4 Å². The lowest BCUT2D eigenvalue weighted by atomic mass is 9.74. The maximum absolute atomic E-state index is 12.2. The molecule has 0 saturated heterocycles. The Bertz CT molecular complexity index is 615. The Balaban J connectivity index is 1.93. The van der Waals surface area contributed by atoms with Crippen LogP contribution >= 0.6 is 0 Å². The van der Waals surface area contributed by atoms with Crippen molar-refractivity contribution in [2.75, 3.05) is 0 Å². The third-order valence-electron chi connectivity index (χ3n) is 4.88. The third-order valence-corrected chi connectivity index (χ3v) is 4.88. The number of ether oxygens (including phenoxy) is 1. The van der Waals surface area contributed by atoms with Crippen molar-refractivity contribution < 1.29 is 14.6 Å². The summed E-state index contributed by atoms with van der Waals surface area (Å²) in [4.78, 5) is 12.2. The Morgan fingerprint density at radius 3 is 2.86 bits per heavy atom. The van der Waals surface area contributed by atoms with Crippen LogP contribution < -0.4 is 4.74 Å². The minimum atomic E-state index is -0.147. The fourth-order valence-corrected chi connectivity index (χ4v) is 3.66. The second-order valence-corrected chi connectivity index (χ2v) is 6.61. The van der Waals surface area contributed by atoms with Crippen LogP contribution in [0.4, 0.5) is 0 Å². The van der Waals surface area contributed by atoms with E-state index in [-0.39, 0.29) is 17.8 Å². The highest BCUT2D eigenvalue weighted by Crippen LogP contribution is 2.49. The molecule has 3 heteroatoms. The first kappa shape index (κ1) is 15.1. The Hall–Kier alpha value is -1.77. The molecule has 1 aliphatic carbocycles. The number of hydrogen-bond acceptors (Lipinski definition) is 3. The minimum absolute atomic E-state index is 0.0611. The van der Waals surface area contributed by atoms with Gasteiger partial charge in [0.15, 0.2) is 0 Å². The molecule has 2 atom stereocenters. The summed E-state index contributed by atoms with van der Waals surface area (Å²) < 4.78 is 5.54. The zero-order valence-electron chi connectivity index (χ0n) is 13.4. The number of unbranched alkanes of at least 4 members (excludes halogenated alkanes) is 2. The van der Waals surface area contributed by atoms with Gasteiger partial charge in [-0.15, -0.1) is 0 Å². The van der Waals surface area contributed by atoms with E-state index in [2.05, 4.69) is 19.9 Å². The van der Waals surface area contributed by atoms with Gasteiger partial charge in [-0.25, -0.2) is 0 Å². The second kappa shape index (κ2) is 6.15. The molecule has 2 unspecified atom stereocenters. The minimum Gasteiger partial charge on any atom is -0.508 e. The molecule has 1 aliphatic heterocycles. The molecule has 2 aliphatic rings. The number of hydrogen-bond donors (Lipinski definition) is 1. The van der Waals surface area contributed by atoms with Gasteiger partial charge in [-0.1, -0.05) is 31.4 Å². The van der Waals surface area contributed by atoms with Crippen molar-refractivity contribution in [1.82, 2.24) is 0 Å². The van der Waals surface area contributed by atoms with Gasteiger partial charge in [-0.2, -0.15) is 0 Å². The summed E-state index contributed by atoms with van der Waals surface area (Å²) in [5.74, 6) is 0.638. The number of aryl methyl sites for hydroxylation is 1. The van der Waals surface area contributed by atoms with Gasteiger partial charge in [-0.05, 0) is 50.3 Å². The maximum Gasteiger partial charge on any atom is 0.315 e. The van der Waals surface area contributed by atoms with Crippen LogP contribution in [0.25, 0.3) is 0 Å². The Morgan fingerprint density at radius 1 is 1.27 bits per heavy atom. The molecule has 1 heterocycles. The molecule has 0 amide bonds. The second-order valence-electron chi connectivity index (χ2n) is 6.61. The van der Waals surface area contributed by atoms with E-state index in [4.69, 9.17) is 4.74 Å². The van der Waals surface area contributed by atoms with Crippen molar-refractivity contribution in [3.8, 4) is 11.5 Å². The molecule has 0 aromatic heterocycles. The SMILES string of the molecule is CCCCCc1cc(O)c2c(c1)OC(=O)C1CC=C(C)CC21. The van der Waals surface area contributed by atoms with Crippen LogP contribution in [0.5, 0.6) is 11.5 Å². The fourth-order valence-electron chi connectivity index (χ4n) is 3.66. The standard InChI is InChI=1S/C19H24O3/c1-3-4-5-6-13-10-16(20)18-15-9-12(2)7-8-14(15)19(21)22-17(18)11-13/h7,10-11,14-15,20H,3-6,8-9H2,1-2H3. The predicted octanol–water partition coefficient (Wildman–Crippen LogP) is 4.48. The fraction of sp³-hybridized carbons (Fsp3) is 0.526. The first-order chi connectivity index (χ1) is 10.6. The zero-order chi connectivity index (χ0) is 15.7. The summed E-state index contributed by atoms with van der Waals surface area (Å²) in [7, 11) is 0. The van der Waals surface area contributed by atoms with Gasteiger partial charge in [0.2, 0.25) is 0 Å². The van der Waals surface area contributed by atoms with Crippen molar-refractivity contribution in [3.05, 3.63) is 34.9 Å². The molecular formula is C19H24O3. The van der Waals surface area contributed by atoms with Crippen LogP contribution in [0, 0.1) is 5.92 Å². The predicted molar refractivity (Wildman–Crippen MR) is 86.2 cm³/mol. The lowest BCUT2D eigenvalue weighted by Gasteiger charge is -2.35. The molecule has 0 saturated carbocycles. The van der Waals surface area contributed by atoms with E-state index in [9.17, 15) is 9.90 Å². The molecular weight excluding hydrogens is 276 g/mol. The molecule has 0 bridgehead atoms. The van der Waals surface area contributed by atoms with Crippen LogP contribution in [-0.4, -0.2) is 11.1 Å². The van der Waals surface area contributed by atoms with Gasteiger partial charge < -0.3 is 9.84 Å². The number of fused-ring (bicyclic) bond motifs is 3. The molecule has 22 heavy (non-hydrogen) atoms. The van der Waals surface area contributed by atoms with Gasteiger partial charge in [0.1, 0.15) is 11.5 Å². The molecule has 1 N–H and O–H groups in total. The van der Waals surface area contributed by atoms with Gasteiger partial charge >= 0.3 is 5.97 Å². The summed E-state index contributed by atoms with van der Waals surface area (Å²) in [5, 5.41) is 10.5.